The molecular weight excluding hydrogens is 184 g/mol. The quantitative estimate of drug-likeness (QED) is 0.728. The minimum Gasteiger partial charge on any atom is -0.315 e. The number of likely N-dealkylation sites (tertiary alicyclic amines) is 1. The predicted molar refractivity (Wildman–Crippen MR) is 67.2 cm³/mol. The molecule has 1 N–H and O–H groups in total. The van der Waals surface area contributed by atoms with Gasteiger partial charge in [-0.25, -0.2) is 0 Å². The van der Waals surface area contributed by atoms with E-state index in [0.29, 0.717) is 0 Å². The average molecular weight is 212 g/mol. The molecule has 1 aliphatic heterocycles. The van der Waals surface area contributed by atoms with Crippen LogP contribution in [0.25, 0.3) is 0 Å². The summed E-state index contributed by atoms with van der Waals surface area (Å²) in [5, 5.41) is 3.51. The Morgan fingerprint density at radius 3 is 2.60 bits per heavy atom. The molecule has 0 aromatic rings. The van der Waals surface area contributed by atoms with Crippen LogP contribution >= 0.6 is 0 Å². The first-order chi connectivity index (χ1) is 7.20. The smallest absolute Gasteiger partial charge is 0.0246 e. The summed E-state index contributed by atoms with van der Waals surface area (Å²) in [5.41, 5.74) is 0. The van der Waals surface area contributed by atoms with Crippen LogP contribution in [0, 0.1) is 5.92 Å². The van der Waals surface area contributed by atoms with E-state index in [9.17, 15) is 0 Å². The molecule has 15 heavy (non-hydrogen) atoms. The van der Waals surface area contributed by atoms with Crippen molar-refractivity contribution < 1.29 is 0 Å². The highest BCUT2D eigenvalue weighted by atomic mass is 15.2. The van der Waals surface area contributed by atoms with Crippen molar-refractivity contribution in [3.8, 4) is 0 Å². The van der Waals surface area contributed by atoms with Gasteiger partial charge in [0.15, 0.2) is 0 Å². The van der Waals surface area contributed by atoms with Crippen molar-refractivity contribution in [3.63, 3.8) is 0 Å². The SMILES string of the molecule is CCNCC(C(C)C)N1CCCC1CC. The maximum absolute atomic E-state index is 3.51. The predicted octanol–water partition coefficient (Wildman–Crippen LogP) is 2.49. The lowest BCUT2D eigenvalue weighted by Gasteiger charge is -2.35. The summed E-state index contributed by atoms with van der Waals surface area (Å²) >= 11 is 0. The zero-order chi connectivity index (χ0) is 11.3. The fraction of sp³-hybridized carbons (Fsp3) is 1.00. The number of rotatable bonds is 6. The number of likely N-dealkylation sites (N-methyl/N-ethyl adjacent to an activating group) is 1. The van der Waals surface area contributed by atoms with Crippen LogP contribution in [0.15, 0.2) is 0 Å². The second kappa shape index (κ2) is 6.49. The Kier molecular flexibility index (Phi) is 5.62. The van der Waals surface area contributed by atoms with Crippen molar-refractivity contribution in [2.75, 3.05) is 19.6 Å². The summed E-state index contributed by atoms with van der Waals surface area (Å²) < 4.78 is 0. The zero-order valence-corrected chi connectivity index (χ0v) is 10.9. The highest BCUT2D eigenvalue weighted by Gasteiger charge is 2.30. The number of hydrogen-bond donors (Lipinski definition) is 1. The van der Waals surface area contributed by atoms with E-state index in [2.05, 4.69) is 37.9 Å². The van der Waals surface area contributed by atoms with Crippen molar-refractivity contribution in [2.24, 2.45) is 5.92 Å². The van der Waals surface area contributed by atoms with Crippen LogP contribution in [0.5, 0.6) is 0 Å². The van der Waals surface area contributed by atoms with E-state index >= 15 is 0 Å². The van der Waals surface area contributed by atoms with Gasteiger partial charge in [0.25, 0.3) is 0 Å². The molecule has 90 valence electrons. The number of nitrogens with one attached hydrogen (secondary N) is 1. The standard InChI is InChI=1S/C13H28N2/c1-5-12-8-7-9-15(12)13(11(3)4)10-14-6-2/h11-14H,5-10H2,1-4H3. The van der Waals surface area contributed by atoms with Gasteiger partial charge in [0.05, 0.1) is 0 Å². The monoisotopic (exact) mass is 212 g/mol. The molecule has 0 aliphatic carbocycles. The molecule has 2 unspecified atom stereocenters. The molecular formula is C13H28N2. The van der Waals surface area contributed by atoms with E-state index in [0.717, 1.165) is 31.1 Å². The fourth-order valence-electron chi connectivity index (χ4n) is 2.76. The average Bonchev–Trinajstić information content (AvgIpc) is 2.66. The molecule has 0 spiro atoms. The van der Waals surface area contributed by atoms with Gasteiger partial charge in [-0.1, -0.05) is 27.7 Å². The lowest BCUT2D eigenvalue weighted by atomic mass is 10.0. The third-order valence-corrected chi connectivity index (χ3v) is 3.69. The van der Waals surface area contributed by atoms with Gasteiger partial charge in [-0.2, -0.15) is 0 Å². The van der Waals surface area contributed by atoms with Crippen molar-refractivity contribution in [1.82, 2.24) is 10.2 Å². The summed E-state index contributed by atoms with van der Waals surface area (Å²) in [7, 11) is 0. The van der Waals surface area contributed by atoms with E-state index in [1.807, 2.05) is 0 Å². The lowest BCUT2D eigenvalue weighted by molar-refractivity contribution is 0.135. The summed E-state index contributed by atoms with van der Waals surface area (Å²) in [6, 6.07) is 1.58. The van der Waals surface area contributed by atoms with Gasteiger partial charge in [-0.3, -0.25) is 4.90 Å². The van der Waals surface area contributed by atoms with Crippen LogP contribution in [-0.2, 0) is 0 Å². The molecule has 0 radical (unpaired) electrons. The van der Waals surface area contributed by atoms with Gasteiger partial charge in [-0.05, 0) is 38.3 Å². The first-order valence-corrected chi connectivity index (χ1v) is 6.67. The normalized spacial score (nSPS) is 25.0. The van der Waals surface area contributed by atoms with Gasteiger partial charge in [0.2, 0.25) is 0 Å². The van der Waals surface area contributed by atoms with Crippen molar-refractivity contribution in [2.45, 2.75) is 59.0 Å². The fourth-order valence-corrected chi connectivity index (χ4v) is 2.76. The summed E-state index contributed by atoms with van der Waals surface area (Å²) in [6.45, 7) is 12.8. The van der Waals surface area contributed by atoms with Crippen LogP contribution in [0.4, 0.5) is 0 Å². The molecule has 0 aromatic heterocycles. The second-order valence-corrected chi connectivity index (χ2v) is 5.06. The molecule has 0 saturated carbocycles. The summed E-state index contributed by atoms with van der Waals surface area (Å²) in [5.74, 6) is 0.760. The highest BCUT2D eigenvalue weighted by Crippen LogP contribution is 2.25. The van der Waals surface area contributed by atoms with E-state index < -0.39 is 0 Å². The molecule has 1 rings (SSSR count). The Hall–Kier alpha value is -0.0800. The third kappa shape index (κ3) is 3.46. The van der Waals surface area contributed by atoms with Crippen LogP contribution in [0.2, 0.25) is 0 Å². The molecule has 1 fully saturated rings. The van der Waals surface area contributed by atoms with Crippen LogP contribution < -0.4 is 5.32 Å². The highest BCUT2D eigenvalue weighted by molar-refractivity contribution is 4.86. The molecule has 2 heteroatoms. The van der Waals surface area contributed by atoms with E-state index in [1.54, 1.807) is 0 Å². The van der Waals surface area contributed by atoms with E-state index in [-0.39, 0.29) is 0 Å². The van der Waals surface area contributed by atoms with Crippen LogP contribution in [0.1, 0.15) is 47.0 Å². The van der Waals surface area contributed by atoms with E-state index in [1.165, 1.54) is 25.8 Å². The molecule has 1 saturated heterocycles. The van der Waals surface area contributed by atoms with Crippen LogP contribution in [0.3, 0.4) is 0 Å². The molecule has 2 nitrogen and oxygen atoms in total. The van der Waals surface area contributed by atoms with Gasteiger partial charge in [-0.15, -0.1) is 0 Å². The Balaban J connectivity index is 2.53. The van der Waals surface area contributed by atoms with Gasteiger partial charge in [0.1, 0.15) is 0 Å². The first-order valence-electron chi connectivity index (χ1n) is 6.67. The topological polar surface area (TPSA) is 15.3 Å². The molecule has 1 aliphatic rings. The minimum atomic E-state index is 0.734. The van der Waals surface area contributed by atoms with Gasteiger partial charge >= 0.3 is 0 Å². The molecule has 2 atom stereocenters. The third-order valence-electron chi connectivity index (χ3n) is 3.69. The van der Waals surface area contributed by atoms with Crippen molar-refractivity contribution in [3.05, 3.63) is 0 Å². The molecule has 0 aromatic carbocycles. The summed E-state index contributed by atoms with van der Waals surface area (Å²) in [6.07, 6.45) is 4.12. The molecule has 0 bridgehead atoms. The van der Waals surface area contributed by atoms with Gasteiger partial charge < -0.3 is 5.32 Å². The first kappa shape index (κ1) is 13.0. The maximum Gasteiger partial charge on any atom is 0.0246 e. The lowest BCUT2D eigenvalue weighted by Crippen LogP contribution is -2.47. The summed E-state index contributed by atoms with van der Waals surface area (Å²) in [4.78, 5) is 2.74. The van der Waals surface area contributed by atoms with Gasteiger partial charge in [0, 0.05) is 18.6 Å². The maximum atomic E-state index is 3.51. The number of hydrogen-bond acceptors (Lipinski definition) is 2. The Morgan fingerprint density at radius 1 is 1.33 bits per heavy atom. The molecule has 1 heterocycles. The molecule has 0 amide bonds. The van der Waals surface area contributed by atoms with E-state index in [4.69, 9.17) is 0 Å². The number of nitrogens with zero attached hydrogens (tertiary/aromatic N) is 1. The Labute approximate surface area is 95.4 Å². The minimum absolute atomic E-state index is 0.734. The van der Waals surface area contributed by atoms with Crippen LogP contribution in [-0.4, -0.2) is 36.6 Å². The zero-order valence-electron chi connectivity index (χ0n) is 10.9. The Morgan fingerprint density at radius 2 is 2.07 bits per heavy atom. The second-order valence-electron chi connectivity index (χ2n) is 5.06. The van der Waals surface area contributed by atoms with Crippen molar-refractivity contribution >= 4 is 0 Å². The van der Waals surface area contributed by atoms with Crippen molar-refractivity contribution in [1.29, 1.82) is 0 Å². The largest absolute Gasteiger partial charge is 0.315 e. The Bertz CT molecular complexity index is 168.